The average molecular weight is 328 g/mol. The van der Waals surface area contributed by atoms with Gasteiger partial charge in [-0.3, -0.25) is 14.4 Å². The second-order valence-electron chi connectivity index (χ2n) is 6.69. The lowest BCUT2D eigenvalue weighted by Crippen LogP contribution is -2.39. The Morgan fingerprint density at radius 3 is 2.25 bits per heavy atom. The number of likely N-dealkylation sites (N-methyl/N-ethyl adjacent to an activating group) is 2. The molecule has 2 aromatic rings. The molecular weight excluding hydrogens is 300 g/mol. The van der Waals surface area contributed by atoms with E-state index in [1.165, 1.54) is 5.56 Å². The van der Waals surface area contributed by atoms with Crippen LogP contribution in [-0.4, -0.2) is 53.2 Å². The molecule has 0 fully saturated rings. The van der Waals surface area contributed by atoms with Crippen molar-refractivity contribution in [2.75, 3.05) is 27.7 Å². The fourth-order valence-electron chi connectivity index (χ4n) is 2.88. The predicted octanol–water partition coefficient (Wildman–Crippen LogP) is 2.57. The zero-order valence-electron chi connectivity index (χ0n) is 15.6. The van der Waals surface area contributed by atoms with E-state index < -0.39 is 0 Å². The molecule has 0 aliphatic carbocycles. The lowest BCUT2D eigenvalue weighted by molar-refractivity contribution is -0.135. The summed E-state index contributed by atoms with van der Waals surface area (Å²) in [7, 11) is 5.74. The van der Waals surface area contributed by atoms with Gasteiger partial charge >= 0.3 is 0 Å². The minimum Gasteiger partial charge on any atom is -0.342 e. The number of rotatable bonds is 6. The molecule has 0 spiro atoms. The van der Waals surface area contributed by atoms with E-state index in [0.717, 1.165) is 17.0 Å². The van der Waals surface area contributed by atoms with Gasteiger partial charge in [-0.1, -0.05) is 29.8 Å². The van der Waals surface area contributed by atoms with Crippen molar-refractivity contribution < 1.29 is 4.79 Å². The fraction of sp³-hybridized carbons (Fsp3) is 0.474. The van der Waals surface area contributed by atoms with Crippen molar-refractivity contribution in [2.45, 2.75) is 33.4 Å². The molecule has 1 atom stereocenters. The van der Waals surface area contributed by atoms with Crippen molar-refractivity contribution in [3.05, 3.63) is 52.8 Å². The third kappa shape index (κ3) is 4.23. The number of aromatic nitrogens is 2. The van der Waals surface area contributed by atoms with Gasteiger partial charge in [-0.15, -0.1) is 0 Å². The van der Waals surface area contributed by atoms with Crippen LogP contribution in [0.1, 0.15) is 28.6 Å². The molecule has 5 heteroatoms. The highest BCUT2D eigenvalue weighted by Crippen LogP contribution is 2.21. The van der Waals surface area contributed by atoms with Gasteiger partial charge in [0.2, 0.25) is 5.91 Å². The highest BCUT2D eigenvalue weighted by molar-refractivity contribution is 5.83. The van der Waals surface area contributed by atoms with E-state index >= 15 is 0 Å². The molecule has 0 aliphatic rings. The minimum atomic E-state index is -0.268. The first-order chi connectivity index (χ1) is 11.3. The first kappa shape index (κ1) is 18.2. The number of carbonyl (C=O) groups is 1. The topological polar surface area (TPSA) is 41.4 Å². The molecule has 0 aliphatic heterocycles. The van der Waals surface area contributed by atoms with Gasteiger partial charge in [-0.2, -0.15) is 5.10 Å². The van der Waals surface area contributed by atoms with Crippen molar-refractivity contribution in [2.24, 2.45) is 0 Å². The number of hydrogen-bond acceptors (Lipinski definition) is 3. The maximum atomic E-state index is 12.9. The van der Waals surface area contributed by atoms with Crippen LogP contribution in [0.3, 0.4) is 0 Å². The van der Waals surface area contributed by atoms with Gasteiger partial charge in [-0.05, 0) is 46.5 Å². The maximum absolute atomic E-state index is 12.9. The van der Waals surface area contributed by atoms with Crippen LogP contribution in [0.2, 0.25) is 0 Å². The van der Waals surface area contributed by atoms with Crippen LogP contribution in [0, 0.1) is 20.8 Å². The molecule has 0 saturated carbocycles. The first-order valence-corrected chi connectivity index (χ1v) is 8.28. The number of nitrogens with zero attached hydrogens (tertiary/aromatic N) is 4. The van der Waals surface area contributed by atoms with Crippen LogP contribution in [0.5, 0.6) is 0 Å². The summed E-state index contributed by atoms with van der Waals surface area (Å²) < 4.78 is 1.95. The lowest BCUT2D eigenvalue weighted by atomic mass is 10.0. The van der Waals surface area contributed by atoms with Gasteiger partial charge in [-0.25, -0.2) is 0 Å². The predicted molar refractivity (Wildman–Crippen MR) is 96.9 cm³/mol. The van der Waals surface area contributed by atoms with E-state index in [-0.39, 0.29) is 11.9 Å². The van der Waals surface area contributed by atoms with Gasteiger partial charge in [0.1, 0.15) is 6.04 Å². The molecule has 2 rings (SSSR count). The lowest BCUT2D eigenvalue weighted by Gasteiger charge is -2.29. The number of benzene rings is 1. The normalized spacial score (nSPS) is 12.5. The van der Waals surface area contributed by atoms with Crippen molar-refractivity contribution in [1.29, 1.82) is 0 Å². The van der Waals surface area contributed by atoms with E-state index in [1.54, 1.807) is 4.90 Å². The largest absolute Gasteiger partial charge is 0.342 e. The van der Waals surface area contributed by atoms with Crippen LogP contribution in [0.15, 0.2) is 30.3 Å². The Balaban J connectivity index is 2.08. The Bertz CT molecular complexity index is 688. The summed E-state index contributed by atoms with van der Waals surface area (Å²) in [6, 6.07) is 9.95. The Morgan fingerprint density at radius 1 is 1.12 bits per heavy atom. The molecule has 1 aromatic carbocycles. The van der Waals surface area contributed by atoms with Crippen LogP contribution in [0.25, 0.3) is 0 Å². The van der Waals surface area contributed by atoms with Crippen LogP contribution in [0.4, 0.5) is 0 Å². The van der Waals surface area contributed by atoms with Crippen molar-refractivity contribution in [1.82, 2.24) is 19.6 Å². The second kappa shape index (κ2) is 7.62. The van der Waals surface area contributed by atoms with Gasteiger partial charge in [0.25, 0.3) is 0 Å². The zero-order chi connectivity index (χ0) is 17.9. The molecule has 0 unspecified atom stereocenters. The smallest absolute Gasteiger partial charge is 0.244 e. The standard InChI is InChI=1S/C19H28N4O/c1-14-7-9-17(10-8-14)18(21(4)5)19(24)22(6)11-12-23-16(3)13-15(2)20-23/h7-10,13,18H,11-12H2,1-6H3/t18-/m0/s1. The SMILES string of the molecule is Cc1ccc([C@@H](C(=O)N(C)CCn2nc(C)cc2C)N(C)C)cc1. The van der Waals surface area contributed by atoms with Crippen molar-refractivity contribution in [3.8, 4) is 0 Å². The van der Waals surface area contributed by atoms with E-state index in [0.29, 0.717) is 13.1 Å². The molecule has 0 bridgehead atoms. The Morgan fingerprint density at radius 2 is 1.75 bits per heavy atom. The van der Waals surface area contributed by atoms with E-state index in [4.69, 9.17) is 0 Å². The summed E-state index contributed by atoms with van der Waals surface area (Å²) in [5.41, 5.74) is 4.35. The molecule has 0 N–H and O–H groups in total. The summed E-state index contributed by atoms with van der Waals surface area (Å²) in [5.74, 6) is 0.102. The van der Waals surface area contributed by atoms with Gasteiger partial charge in [0, 0.05) is 19.3 Å². The van der Waals surface area contributed by atoms with E-state index in [2.05, 4.69) is 30.2 Å². The van der Waals surface area contributed by atoms with Gasteiger partial charge in [0.15, 0.2) is 0 Å². The number of carbonyl (C=O) groups excluding carboxylic acids is 1. The summed E-state index contributed by atoms with van der Waals surface area (Å²) >= 11 is 0. The Kier molecular flexibility index (Phi) is 5.78. The molecule has 0 radical (unpaired) electrons. The first-order valence-electron chi connectivity index (χ1n) is 8.28. The monoisotopic (exact) mass is 328 g/mol. The highest BCUT2D eigenvalue weighted by Gasteiger charge is 2.25. The second-order valence-corrected chi connectivity index (χ2v) is 6.69. The Labute approximate surface area is 144 Å². The number of amides is 1. The maximum Gasteiger partial charge on any atom is 0.244 e. The van der Waals surface area contributed by atoms with Crippen LogP contribution >= 0.6 is 0 Å². The quantitative estimate of drug-likeness (QED) is 0.818. The molecule has 130 valence electrons. The zero-order valence-corrected chi connectivity index (χ0v) is 15.6. The third-order valence-corrected chi connectivity index (χ3v) is 4.27. The fourth-order valence-corrected chi connectivity index (χ4v) is 2.88. The summed E-state index contributed by atoms with van der Waals surface area (Å²) in [6.45, 7) is 7.42. The third-order valence-electron chi connectivity index (χ3n) is 4.27. The molecule has 5 nitrogen and oxygen atoms in total. The number of hydrogen-bond donors (Lipinski definition) is 0. The van der Waals surface area contributed by atoms with Crippen molar-refractivity contribution >= 4 is 5.91 Å². The van der Waals surface area contributed by atoms with Gasteiger partial charge < -0.3 is 4.90 Å². The molecule has 1 heterocycles. The molecule has 1 aromatic heterocycles. The average Bonchev–Trinajstić information content (AvgIpc) is 2.84. The van der Waals surface area contributed by atoms with E-state index in [1.807, 2.05) is 56.7 Å². The van der Waals surface area contributed by atoms with Gasteiger partial charge in [0.05, 0.1) is 12.2 Å². The molecule has 0 saturated heterocycles. The van der Waals surface area contributed by atoms with Crippen LogP contribution in [-0.2, 0) is 11.3 Å². The molecular formula is C19H28N4O. The minimum absolute atomic E-state index is 0.102. The number of aryl methyl sites for hydroxylation is 3. The summed E-state index contributed by atoms with van der Waals surface area (Å²) in [6.07, 6.45) is 0. The van der Waals surface area contributed by atoms with Crippen molar-refractivity contribution in [3.63, 3.8) is 0 Å². The molecule has 24 heavy (non-hydrogen) atoms. The Hall–Kier alpha value is -2.14. The highest BCUT2D eigenvalue weighted by atomic mass is 16.2. The van der Waals surface area contributed by atoms with E-state index in [9.17, 15) is 4.79 Å². The van der Waals surface area contributed by atoms with Crippen LogP contribution < -0.4 is 0 Å². The summed E-state index contributed by atoms with van der Waals surface area (Å²) in [5, 5.41) is 4.46. The summed E-state index contributed by atoms with van der Waals surface area (Å²) in [4.78, 5) is 16.7. The molecule has 1 amide bonds.